The second-order valence-electron chi connectivity index (χ2n) is 6.77. The summed E-state index contributed by atoms with van der Waals surface area (Å²) in [4.78, 5) is 2.73. The molecule has 3 heteroatoms. The first kappa shape index (κ1) is 13.7. The fraction of sp³-hybridized carbons (Fsp3) is 1.00. The molecule has 0 saturated carbocycles. The molecule has 2 N–H and O–H groups in total. The molecule has 0 spiro atoms. The number of hydrogen-bond donors (Lipinski definition) is 1. The quantitative estimate of drug-likeness (QED) is 0.823. The molecule has 0 amide bonds. The van der Waals surface area contributed by atoms with E-state index in [-0.39, 0.29) is 0 Å². The first-order valence-corrected chi connectivity index (χ1v) is 8.21. The lowest BCUT2D eigenvalue weighted by Crippen LogP contribution is -2.48. The molecule has 2 rings (SSSR count). The van der Waals surface area contributed by atoms with Gasteiger partial charge in [0.1, 0.15) is 0 Å². The zero-order valence-corrected chi connectivity index (χ0v) is 12.4. The van der Waals surface area contributed by atoms with Crippen LogP contribution in [0.1, 0.15) is 40.0 Å². The first-order chi connectivity index (χ1) is 7.98. The van der Waals surface area contributed by atoms with Crippen LogP contribution in [-0.2, 0) is 0 Å². The fourth-order valence-corrected chi connectivity index (χ4v) is 4.66. The normalized spacial score (nSPS) is 33.5. The second-order valence-corrected chi connectivity index (χ2v) is 7.80. The van der Waals surface area contributed by atoms with Gasteiger partial charge in [0.2, 0.25) is 0 Å². The number of likely N-dealkylation sites (tertiary alicyclic amines) is 1. The van der Waals surface area contributed by atoms with E-state index in [0.29, 0.717) is 11.5 Å². The number of rotatable bonds is 2. The molecule has 0 aromatic heterocycles. The summed E-state index contributed by atoms with van der Waals surface area (Å²) in [6.45, 7) is 9.54. The number of hydrogen-bond acceptors (Lipinski definition) is 3. The van der Waals surface area contributed by atoms with Crippen molar-refractivity contribution in [2.45, 2.75) is 52.1 Å². The van der Waals surface area contributed by atoms with Crippen molar-refractivity contribution in [2.75, 3.05) is 24.6 Å². The minimum absolute atomic E-state index is 0.384. The van der Waals surface area contributed by atoms with Gasteiger partial charge in [-0.05, 0) is 56.4 Å². The van der Waals surface area contributed by atoms with Crippen LogP contribution in [0.5, 0.6) is 0 Å². The highest BCUT2D eigenvalue weighted by Crippen LogP contribution is 2.36. The number of piperidine rings is 1. The Morgan fingerprint density at radius 3 is 2.47 bits per heavy atom. The lowest BCUT2D eigenvalue weighted by molar-refractivity contribution is 0.106. The van der Waals surface area contributed by atoms with E-state index in [1.54, 1.807) is 0 Å². The smallest absolute Gasteiger partial charge is 0.0191 e. The van der Waals surface area contributed by atoms with Crippen LogP contribution in [0.25, 0.3) is 0 Å². The summed E-state index contributed by atoms with van der Waals surface area (Å²) in [5, 5.41) is 0. The number of thioether (sulfide) groups is 1. The van der Waals surface area contributed by atoms with Gasteiger partial charge in [-0.15, -0.1) is 0 Å². The summed E-state index contributed by atoms with van der Waals surface area (Å²) in [5.41, 5.74) is 6.54. The summed E-state index contributed by atoms with van der Waals surface area (Å²) in [6, 6.07) is 1.20. The topological polar surface area (TPSA) is 29.3 Å². The number of nitrogens with zero attached hydrogens (tertiary/aromatic N) is 1. The number of nitrogens with two attached hydrogens (primary N) is 1. The van der Waals surface area contributed by atoms with Gasteiger partial charge in [0.05, 0.1) is 0 Å². The van der Waals surface area contributed by atoms with E-state index in [2.05, 4.69) is 37.4 Å². The van der Waals surface area contributed by atoms with Gasteiger partial charge in [0, 0.05) is 17.8 Å². The molecule has 0 aliphatic carbocycles. The van der Waals surface area contributed by atoms with Gasteiger partial charge in [0.25, 0.3) is 0 Å². The van der Waals surface area contributed by atoms with Crippen molar-refractivity contribution >= 4 is 11.8 Å². The molecule has 2 saturated heterocycles. The van der Waals surface area contributed by atoms with Gasteiger partial charge < -0.3 is 5.73 Å². The molecule has 0 aromatic rings. The molecule has 2 unspecified atom stereocenters. The van der Waals surface area contributed by atoms with E-state index in [1.807, 2.05) is 0 Å². The van der Waals surface area contributed by atoms with Crippen molar-refractivity contribution in [3.63, 3.8) is 0 Å². The van der Waals surface area contributed by atoms with Crippen LogP contribution in [0, 0.1) is 11.3 Å². The predicted octanol–water partition coefficient (Wildman–Crippen LogP) is 2.58. The van der Waals surface area contributed by atoms with Crippen molar-refractivity contribution in [1.29, 1.82) is 0 Å². The highest BCUT2D eigenvalue weighted by molar-refractivity contribution is 7.99. The molecule has 0 aromatic carbocycles. The van der Waals surface area contributed by atoms with Gasteiger partial charge in [-0.3, -0.25) is 4.90 Å². The fourth-order valence-electron chi connectivity index (χ4n) is 3.27. The van der Waals surface area contributed by atoms with E-state index in [4.69, 9.17) is 5.73 Å². The van der Waals surface area contributed by atoms with E-state index < -0.39 is 0 Å². The molecule has 0 radical (unpaired) electrons. The Morgan fingerprint density at radius 1 is 1.29 bits per heavy atom. The van der Waals surface area contributed by atoms with Gasteiger partial charge in [-0.25, -0.2) is 0 Å². The lowest BCUT2D eigenvalue weighted by Gasteiger charge is -2.44. The van der Waals surface area contributed by atoms with Crippen LogP contribution in [0.3, 0.4) is 0 Å². The molecule has 17 heavy (non-hydrogen) atoms. The summed E-state index contributed by atoms with van der Waals surface area (Å²) in [5.74, 6) is 3.43. The lowest BCUT2D eigenvalue weighted by atomic mass is 9.85. The monoisotopic (exact) mass is 256 g/mol. The molecule has 2 fully saturated rings. The van der Waals surface area contributed by atoms with Crippen molar-refractivity contribution in [3.05, 3.63) is 0 Å². The summed E-state index contributed by atoms with van der Waals surface area (Å²) < 4.78 is 0. The van der Waals surface area contributed by atoms with Crippen LogP contribution in [-0.4, -0.2) is 41.6 Å². The van der Waals surface area contributed by atoms with Crippen LogP contribution < -0.4 is 5.73 Å². The van der Waals surface area contributed by atoms with Crippen molar-refractivity contribution in [3.8, 4) is 0 Å². The first-order valence-electron chi connectivity index (χ1n) is 7.05. The third-order valence-electron chi connectivity index (χ3n) is 4.43. The Kier molecular flexibility index (Phi) is 4.43. The molecule has 2 heterocycles. The Labute approximate surface area is 111 Å². The zero-order chi connectivity index (χ0) is 12.5. The minimum Gasteiger partial charge on any atom is -0.328 e. The molecule has 0 bridgehead atoms. The minimum atomic E-state index is 0.384. The summed E-state index contributed by atoms with van der Waals surface area (Å²) >= 11 is 2.14. The van der Waals surface area contributed by atoms with Gasteiger partial charge in [-0.1, -0.05) is 13.8 Å². The van der Waals surface area contributed by atoms with E-state index in [9.17, 15) is 0 Å². The van der Waals surface area contributed by atoms with Gasteiger partial charge >= 0.3 is 0 Å². The maximum absolute atomic E-state index is 6.01. The van der Waals surface area contributed by atoms with Crippen molar-refractivity contribution in [2.24, 2.45) is 17.1 Å². The molecular weight excluding hydrogens is 228 g/mol. The van der Waals surface area contributed by atoms with E-state index >= 15 is 0 Å². The van der Waals surface area contributed by atoms with Crippen LogP contribution >= 0.6 is 11.8 Å². The highest BCUT2D eigenvalue weighted by atomic mass is 32.2. The third-order valence-corrected chi connectivity index (χ3v) is 6.03. The van der Waals surface area contributed by atoms with Gasteiger partial charge in [-0.2, -0.15) is 11.8 Å². The second kappa shape index (κ2) is 5.50. The van der Waals surface area contributed by atoms with Crippen LogP contribution in [0.2, 0.25) is 0 Å². The Hall–Kier alpha value is 0.270. The van der Waals surface area contributed by atoms with Gasteiger partial charge in [0.15, 0.2) is 0 Å². The molecule has 2 atom stereocenters. The molecule has 2 aliphatic heterocycles. The summed E-state index contributed by atoms with van der Waals surface area (Å²) in [6.07, 6.45) is 3.99. The van der Waals surface area contributed by atoms with E-state index in [1.165, 1.54) is 43.9 Å². The van der Waals surface area contributed by atoms with Crippen LogP contribution in [0.15, 0.2) is 0 Å². The SMILES string of the molecule is CC(N)C1CCN(C2CSCC(C)(C)C2)CC1. The molecule has 100 valence electrons. The third kappa shape index (κ3) is 3.62. The standard InChI is InChI=1S/C14H28N2S/c1-11(15)12-4-6-16(7-5-12)13-8-14(2,3)10-17-9-13/h11-13H,4-10,15H2,1-3H3. The zero-order valence-electron chi connectivity index (χ0n) is 11.6. The Morgan fingerprint density at radius 2 is 1.94 bits per heavy atom. The predicted molar refractivity (Wildman–Crippen MR) is 77.5 cm³/mol. The molecule has 2 nitrogen and oxygen atoms in total. The van der Waals surface area contributed by atoms with Crippen LogP contribution in [0.4, 0.5) is 0 Å². The van der Waals surface area contributed by atoms with Crippen molar-refractivity contribution in [1.82, 2.24) is 4.90 Å². The Balaban J connectivity index is 1.84. The maximum atomic E-state index is 6.01. The van der Waals surface area contributed by atoms with E-state index in [0.717, 1.165) is 12.0 Å². The molecular formula is C14H28N2S. The largest absolute Gasteiger partial charge is 0.328 e. The highest BCUT2D eigenvalue weighted by Gasteiger charge is 2.33. The maximum Gasteiger partial charge on any atom is 0.0191 e. The average Bonchev–Trinajstić information content (AvgIpc) is 2.28. The Bertz CT molecular complexity index is 245. The average molecular weight is 256 g/mol. The molecule has 2 aliphatic rings. The summed E-state index contributed by atoms with van der Waals surface area (Å²) in [7, 11) is 0. The van der Waals surface area contributed by atoms with Crippen molar-refractivity contribution < 1.29 is 0 Å².